The van der Waals surface area contributed by atoms with Crippen LogP contribution in [-0.2, 0) is 28.6 Å². The molecule has 6 heteroatoms. The van der Waals surface area contributed by atoms with Gasteiger partial charge in [0.25, 0.3) is 0 Å². The van der Waals surface area contributed by atoms with E-state index in [0.717, 1.165) is 89.9 Å². The Bertz CT molecular complexity index is 1140. The zero-order valence-electron chi connectivity index (χ0n) is 43.3. The van der Waals surface area contributed by atoms with E-state index in [1.54, 1.807) is 0 Å². The van der Waals surface area contributed by atoms with Crippen molar-refractivity contribution in [1.82, 2.24) is 0 Å². The third kappa shape index (κ3) is 52.2. The minimum atomic E-state index is -0.785. The van der Waals surface area contributed by atoms with E-state index < -0.39 is 6.10 Å². The molecule has 0 spiro atoms. The minimum absolute atomic E-state index is 0.0821. The van der Waals surface area contributed by atoms with E-state index in [-0.39, 0.29) is 31.1 Å². The van der Waals surface area contributed by atoms with Crippen molar-refractivity contribution >= 4 is 17.9 Å². The lowest BCUT2D eigenvalue weighted by Crippen LogP contribution is -2.30. The first kappa shape index (κ1) is 62.4. The van der Waals surface area contributed by atoms with Gasteiger partial charge in [0.05, 0.1) is 0 Å². The summed E-state index contributed by atoms with van der Waals surface area (Å²) in [5.41, 5.74) is 0. The lowest BCUT2D eigenvalue weighted by atomic mass is 10.0. The Hall–Kier alpha value is -2.63. The highest BCUT2D eigenvalue weighted by Gasteiger charge is 2.19. The average Bonchev–Trinajstić information content (AvgIpc) is 3.30. The first-order valence-electron chi connectivity index (χ1n) is 28.1. The fourth-order valence-corrected chi connectivity index (χ4v) is 8.03. The Balaban J connectivity index is 4.37. The van der Waals surface area contributed by atoms with Crippen molar-refractivity contribution in [3.63, 3.8) is 0 Å². The minimum Gasteiger partial charge on any atom is -0.462 e. The van der Waals surface area contributed by atoms with Gasteiger partial charge in [-0.1, -0.05) is 236 Å². The molecule has 65 heavy (non-hydrogen) atoms. The normalized spacial score (nSPS) is 12.4. The second-order valence-electron chi connectivity index (χ2n) is 18.8. The SMILES string of the molecule is CCCCC/C=C\C/C=C\C/C=C\CCCCCCC(=O)O[C@H](COC(=O)CCCCCCC/C=C\CCCCC)COC(=O)CCCCCCCCCCCCCCCCCCCC. The molecule has 0 N–H and O–H groups in total. The summed E-state index contributed by atoms with van der Waals surface area (Å²) in [6, 6.07) is 0. The molecule has 0 aliphatic carbocycles. The van der Waals surface area contributed by atoms with E-state index in [2.05, 4.69) is 69.4 Å². The van der Waals surface area contributed by atoms with Crippen LogP contribution in [0.4, 0.5) is 0 Å². The van der Waals surface area contributed by atoms with Crippen LogP contribution in [0, 0.1) is 0 Å². The quantitative estimate of drug-likeness (QED) is 0.0262. The highest BCUT2D eigenvalue weighted by Crippen LogP contribution is 2.16. The van der Waals surface area contributed by atoms with Crippen LogP contribution in [0.15, 0.2) is 48.6 Å². The van der Waals surface area contributed by atoms with E-state index in [4.69, 9.17) is 14.2 Å². The number of allylic oxidation sites excluding steroid dienone is 8. The van der Waals surface area contributed by atoms with Crippen LogP contribution in [-0.4, -0.2) is 37.2 Å². The van der Waals surface area contributed by atoms with Crippen LogP contribution in [0.5, 0.6) is 0 Å². The van der Waals surface area contributed by atoms with Crippen LogP contribution in [0.1, 0.15) is 290 Å². The summed E-state index contributed by atoms with van der Waals surface area (Å²) in [4.78, 5) is 38.1. The molecule has 0 heterocycles. The molecular formula is C59H106O6. The molecule has 0 saturated heterocycles. The fraction of sp³-hybridized carbons (Fsp3) is 0.814. The fourth-order valence-electron chi connectivity index (χ4n) is 8.03. The number of ether oxygens (including phenoxy) is 3. The summed E-state index contributed by atoms with van der Waals surface area (Å²) in [6.45, 7) is 6.59. The van der Waals surface area contributed by atoms with Crippen LogP contribution in [0.2, 0.25) is 0 Å². The number of carbonyl (C=O) groups is 3. The molecule has 0 amide bonds. The van der Waals surface area contributed by atoms with E-state index in [9.17, 15) is 14.4 Å². The van der Waals surface area contributed by atoms with Gasteiger partial charge >= 0.3 is 17.9 Å². The van der Waals surface area contributed by atoms with Gasteiger partial charge in [0.2, 0.25) is 0 Å². The predicted molar refractivity (Wildman–Crippen MR) is 279 cm³/mol. The molecule has 0 saturated carbocycles. The molecule has 0 aliphatic rings. The van der Waals surface area contributed by atoms with E-state index in [0.29, 0.717) is 19.3 Å². The van der Waals surface area contributed by atoms with Gasteiger partial charge in [0.1, 0.15) is 13.2 Å². The molecule has 0 aromatic rings. The third-order valence-electron chi connectivity index (χ3n) is 12.3. The van der Waals surface area contributed by atoms with Gasteiger partial charge in [0, 0.05) is 19.3 Å². The standard InChI is InChI=1S/C59H106O6/c1-4-7-10-13-16-19-22-25-27-29-31-32-34-37-40-43-46-49-52-58(61)64-55-56(54-63-57(60)51-48-45-42-39-36-24-21-18-15-12-9-6-3)65-59(62)53-50-47-44-41-38-35-33-30-28-26-23-20-17-14-11-8-5-2/h17-18,20-21,26,28,33,35,56H,4-16,19,22-25,27,29-32,34,36-55H2,1-3H3/b20-17-,21-18-,28-26-,35-33-/t56-/m1/s1. The first-order valence-corrected chi connectivity index (χ1v) is 28.1. The Kier molecular flexibility index (Phi) is 51.8. The zero-order valence-corrected chi connectivity index (χ0v) is 43.3. The van der Waals surface area contributed by atoms with E-state index in [1.807, 2.05) is 0 Å². The van der Waals surface area contributed by atoms with Gasteiger partial charge in [-0.3, -0.25) is 14.4 Å². The van der Waals surface area contributed by atoms with E-state index >= 15 is 0 Å². The topological polar surface area (TPSA) is 78.9 Å². The molecule has 6 nitrogen and oxygen atoms in total. The third-order valence-corrected chi connectivity index (χ3v) is 12.3. The molecule has 0 radical (unpaired) electrons. The molecule has 0 unspecified atom stereocenters. The van der Waals surface area contributed by atoms with Crippen molar-refractivity contribution in [2.24, 2.45) is 0 Å². The maximum Gasteiger partial charge on any atom is 0.306 e. The molecular weight excluding hydrogens is 805 g/mol. The number of unbranched alkanes of at least 4 members (excludes halogenated alkanes) is 32. The summed E-state index contributed by atoms with van der Waals surface area (Å²) in [5, 5.41) is 0. The van der Waals surface area contributed by atoms with Crippen molar-refractivity contribution in [3.05, 3.63) is 48.6 Å². The Labute approximate surface area is 403 Å². The molecule has 0 rings (SSSR count). The lowest BCUT2D eigenvalue weighted by Gasteiger charge is -2.18. The smallest absolute Gasteiger partial charge is 0.306 e. The summed E-state index contributed by atoms with van der Waals surface area (Å²) in [6.07, 6.45) is 65.2. The van der Waals surface area contributed by atoms with E-state index in [1.165, 1.54) is 161 Å². The van der Waals surface area contributed by atoms with Gasteiger partial charge in [-0.25, -0.2) is 0 Å². The molecule has 378 valence electrons. The van der Waals surface area contributed by atoms with Crippen LogP contribution in [0.25, 0.3) is 0 Å². The molecule has 0 aliphatic heterocycles. The highest BCUT2D eigenvalue weighted by molar-refractivity contribution is 5.71. The second kappa shape index (κ2) is 54.0. The van der Waals surface area contributed by atoms with Gasteiger partial charge in [-0.15, -0.1) is 0 Å². The summed E-state index contributed by atoms with van der Waals surface area (Å²) in [5.74, 6) is -0.901. The number of hydrogen-bond donors (Lipinski definition) is 0. The molecule has 0 aromatic heterocycles. The lowest BCUT2D eigenvalue weighted by molar-refractivity contribution is -0.167. The summed E-state index contributed by atoms with van der Waals surface area (Å²) >= 11 is 0. The monoisotopic (exact) mass is 911 g/mol. The largest absolute Gasteiger partial charge is 0.462 e. The van der Waals surface area contributed by atoms with Crippen molar-refractivity contribution in [3.8, 4) is 0 Å². The van der Waals surface area contributed by atoms with Gasteiger partial charge in [-0.05, 0) is 83.5 Å². The summed E-state index contributed by atoms with van der Waals surface area (Å²) < 4.78 is 16.8. The van der Waals surface area contributed by atoms with Gasteiger partial charge < -0.3 is 14.2 Å². The first-order chi connectivity index (χ1) is 32.0. The van der Waals surface area contributed by atoms with Crippen molar-refractivity contribution in [2.75, 3.05) is 13.2 Å². The van der Waals surface area contributed by atoms with Crippen molar-refractivity contribution in [1.29, 1.82) is 0 Å². The highest BCUT2D eigenvalue weighted by atomic mass is 16.6. The van der Waals surface area contributed by atoms with Gasteiger partial charge in [0.15, 0.2) is 6.10 Å². The molecule has 0 bridgehead atoms. The number of hydrogen-bond acceptors (Lipinski definition) is 6. The van der Waals surface area contributed by atoms with Crippen molar-refractivity contribution in [2.45, 2.75) is 297 Å². The maximum atomic E-state index is 12.8. The number of esters is 3. The molecule has 0 aromatic carbocycles. The molecule has 0 fully saturated rings. The number of carbonyl (C=O) groups excluding carboxylic acids is 3. The van der Waals surface area contributed by atoms with Crippen molar-refractivity contribution < 1.29 is 28.6 Å². The summed E-state index contributed by atoms with van der Waals surface area (Å²) in [7, 11) is 0. The molecule has 1 atom stereocenters. The number of rotatable bonds is 51. The van der Waals surface area contributed by atoms with Gasteiger partial charge in [-0.2, -0.15) is 0 Å². The Morgan fingerprint density at radius 2 is 0.554 bits per heavy atom. The Morgan fingerprint density at radius 1 is 0.308 bits per heavy atom. The van der Waals surface area contributed by atoms with Crippen LogP contribution in [0.3, 0.4) is 0 Å². The van der Waals surface area contributed by atoms with Crippen LogP contribution >= 0.6 is 0 Å². The predicted octanol–water partition coefficient (Wildman–Crippen LogP) is 18.7. The maximum absolute atomic E-state index is 12.8. The average molecular weight is 911 g/mol. The Morgan fingerprint density at radius 3 is 0.908 bits per heavy atom. The second-order valence-corrected chi connectivity index (χ2v) is 18.8. The zero-order chi connectivity index (χ0) is 47.2. The van der Waals surface area contributed by atoms with Crippen LogP contribution < -0.4 is 0 Å².